The first-order chi connectivity index (χ1) is 9.96. The molecule has 5 heteroatoms. The molecule has 1 saturated heterocycles. The van der Waals surface area contributed by atoms with E-state index in [0.29, 0.717) is 18.0 Å². The molecular formula is C16H22N2O2S. The average molecular weight is 306 g/mol. The molecule has 0 aliphatic carbocycles. The molecule has 2 rings (SSSR count). The monoisotopic (exact) mass is 306 g/mol. The molecule has 1 aromatic rings. The summed E-state index contributed by atoms with van der Waals surface area (Å²) in [5.74, 6) is 5.99. The van der Waals surface area contributed by atoms with E-state index in [1.807, 2.05) is 6.92 Å². The second-order valence-corrected chi connectivity index (χ2v) is 7.47. The van der Waals surface area contributed by atoms with Crippen LogP contribution in [0.5, 0.6) is 0 Å². The molecule has 1 aliphatic heterocycles. The zero-order valence-corrected chi connectivity index (χ0v) is 13.4. The van der Waals surface area contributed by atoms with E-state index >= 15 is 0 Å². The van der Waals surface area contributed by atoms with Crippen molar-refractivity contribution in [2.24, 2.45) is 11.7 Å². The van der Waals surface area contributed by atoms with E-state index < -0.39 is 10.0 Å². The zero-order valence-electron chi connectivity index (χ0n) is 12.5. The predicted octanol–water partition coefficient (Wildman–Crippen LogP) is 1.81. The number of rotatable bonds is 2. The maximum absolute atomic E-state index is 13.0. The van der Waals surface area contributed by atoms with Gasteiger partial charge in [0, 0.05) is 18.2 Å². The minimum atomic E-state index is -3.52. The molecule has 114 valence electrons. The molecule has 0 radical (unpaired) electrons. The van der Waals surface area contributed by atoms with Crippen LogP contribution < -0.4 is 5.73 Å². The van der Waals surface area contributed by atoms with Gasteiger partial charge in [0.05, 0.1) is 11.4 Å². The van der Waals surface area contributed by atoms with Crippen LogP contribution >= 0.6 is 0 Å². The molecular weight excluding hydrogens is 284 g/mol. The van der Waals surface area contributed by atoms with E-state index in [0.717, 1.165) is 12.8 Å². The van der Waals surface area contributed by atoms with E-state index in [1.165, 1.54) is 0 Å². The van der Waals surface area contributed by atoms with Crippen molar-refractivity contribution >= 4 is 10.0 Å². The zero-order chi connectivity index (χ0) is 15.5. The lowest BCUT2D eigenvalue weighted by Gasteiger charge is -2.35. The predicted molar refractivity (Wildman–Crippen MR) is 84.1 cm³/mol. The highest BCUT2D eigenvalue weighted by Gasteiger charge is 2.34. The number of hydrogen-bond donors (Lipinski definition) is 1. The smallest absolute Gasteiger partial charge is 0.244 e. The standard InChI is InChI=1S/C16H22N2O2S/c1-13-9-10-14(2)18(12-13)21(19,20)16-8-4-3-6-15(16)7-5-11-17/h3-4,6,8,13-14H,9-12,17H2,1-2H3. The third-order valence-electron chi connectivity index (χ3n) is 3.86. The van der Waals surface area contributed by atoms with Crippen LogP contribution in [0.3, 0.4) is 0 Å². The number of sulfonamides is 1. The third-order valence-corrected chi connectivity index (χ3v) is 5.90. The summed E-state index contributed by atoms with van der Waals surface area (Å²) < 4.78 is 27.5. The summed E-state index contributed by atoms with van der Waals surface area (Å²) >= 11 is 0. The Morgan fingerprint density at radius 3 is 2.71 bits per heavy atom. The van der Waals surface area contributed by atoms with Gasteiger partial charge in [-0.15, -0.1) is 0 Å². The lowest BCUT2D eigenvalue weighted by molar-refractivity contribution is 0.218. The van der Waals surface area contributed by atoms with Crippen molar-refractivity contribution in [1.29, 1.82) is 0 Å². The Labute approximate surface area is 127 Å². The number of nitrogens with zero attached hydrogens (tertiary/aromatic N) is 1. The molecule has 21 heavy (non-hydrogen) atoms. The Hall–Kier alpha value is -1.35. The highest BCUT2D eigenvalue weighted by atomic mass is 32.2. The van der Waals surface area contributed by atoms with Gasteiger partial charge in [0.1, 0.15) is 0 Å². The highest BCUT2D eigenvalue weighted by molar-refractivity contribution is 7.89. The molecule has 0 amide bonds. The summed E-state index contributed by atoms with van der Waals surface area (Å²) in [6.45, 7) is 4.85. The van der Waals surface area contributed by atoms with Crippen molar-refractivity contribution in [2.75, 3.05) is 13.1 Å². The molecule has 1 aliphatic rings. The lowest BCUT2D eigenvalue weighted by Crippen LogP contribution is -2.45. The number of hydrogen-bond acceptors (Lipinski definition) is 3. The second kappa shape index (κ2) is 6.61. The van der Waals surface area contributed by atoms with Crippen molar-refractivity contribution in [2.45, 2.75) is 37.6 Å². The van der Waals surface area contributed by atoms with Gasteiger partial charge in [-0.05, 0) is 37.8 Å². The molecule has 2 N–H and O–H groups in total. The van der Waals surface area contributed by atoms with Crippen molar-refractivity contribution in [3.8, 4) is 11.8 Å². The molecule has 1 aromatic carbocycles. The normalized spacial score (nSPS) is 23.4. The number of benzene rings is 1. The van der Waals surface area contributed by atoms with Crippen LogP contribution in [0, 0.1) is 17.8 Å². The minimum absolute atomic E-state index is 0.0294. The quantitative estimate of drug-likeness (QED) is 0.848. The summed E-state index contributed by atoms with van der Waals surface area (Å²) in [5.41, 5.74) is 5.91. The van der Waals surface area contributed by atoms with Crippen LogP contribution in [0.1, 0.15) is 32.3 Å². The van der Waals surface area contributed by atoms with Crippen LogP contribution in [-0.2, 0) is 10.0 Å². The van der Waals surface area contributed by atoms with Gasteiger partial charge in [-0.3, -0.25) is 0 Å². The van der Waals surface area contributed by atoms with Gasteiger partial charge >= 0.3 is 0 Å². The molecule has 2 unspecified atom stereocenters. The van der Waals surface area contributed by atoms with E-state index in [9.17, 15) is 8.42 Å². The van der Waals surface area contributed by atoms with Gasteiger partial charge in [-0.25, -0.2) is 8.42 Å². The summed E-state index contributed by atoms with van der Waals surface area (Å²) in [7, 11) is -3.52. The Morgan fingerprint density at radius 1 is 1.29 bits per heavy atom. The summed E-state index contributed by atoms with van der Waals surface area (Å²) in [6, 6.07) is 6.91. The Morgan fingerprint density at radius 2 is 2.00 bits per heavy atom. The molecule has 0 saturated carbocycles. The molecule has 0 spiro atoms. The first kappa shape index (κ1) is 16.0. The number of nitrogens with two attached hydrogens (primary N) is 1. The Kier molecular flexibility index (Phi) is 5.04. The molecule has 1 heterocycles. The number of piperidine rings is 1. The summed E-state index contributed by atoms with van der Waals surface area (Å²) in [4.78, 5) is 0.284. The fourth-order valence-electron chi connectivity index (χ4n) is 2.65. The van der Waals surface area contributed by atoms with Gasteiger partial charge in [-0.1, -0.05) is 30.9 Å². The Balaban J connectivity index is 2.44. The lowest BCUT2D eigenvalue weighted by atomic mass is 9.97. The molecule has 1 fully saturated rings. The average Bonchev–Trinajstić information content (AvgIpc) is 2.47. The molecule has 0 bridgehead atoms. The fraction of sp³-hybridized carbons (Fsp3) is 0.500. The maximum Gasteiger partial charge on any atom is 0.244 e. The van der Waals surface area contributed by atoms with E-state index in [4.69, 9.17) is 5.73 Å². The van der Waals surface area contributed by atoms with E-state index in [2.05, 4.69) is 18.8 Å². The van der Waals surface area contributed by atoms with Crippen LogP contribution in [0.15, 0.2) is 29.2 Å². The first-order valence-electron chi connectivity index (χ1n) is 7.26. The maximum atomic E-state index is 13.0. The first-order valence-corrected chi connectivity index (χ1v) is 8.70. The highest BCUT2D eigenvalue weighted by Crippen LogP contribution is 2.29. The third kappa shape index (κ3) is 3.46. The molecule has 2 atom stereocenters. The van der Waals surface area contributed by atoms with Crippen molar-refractivity contribution in [1.82, 2.24) is 4.31 Å². The van der Waals surface area contributed by atoms with Crippen LogP contribution in [0.4, 0.5) is 0 Å². The van der Waals surface area contributed by atoms with Crippen LogP contribution in [0.2, 0.25) is 0 Å². The SMILES string of the molecule is CC1CCC(C)N(S(=O)(=O)c2ccccc2C#CCN)C1. The topological polar surface area (TPSA) is 63.4 Å². The Bertz CT molecular complexity index is 658. The largest absolute Gasteiger partial charge is 0.320 e. The van der Waals surface area contributed by atoms with Crippen LogP contribution in [-0.4, -0.2) is 31.9 Å². The van der Waals surface area contributed by atoms with Gasteiger partial charge in [-0.2, -0.15) is 4.31 Å². The molecule has 0 aromatic heterocycles. The van der Waals surface area contributed by atoms with Crippen molar-refractivity contribution in [3.63, 3.8) is 0 Å². The summed E-state index contributed by atoms with van der Waals surface area (Å²) in [6.07, 6.45) is 1.97. The second-order valence-electron chi connectivity index (χ2n) is 5.61. The van der Waals surface area contributed by atoms with Crippen molar-refractivity contribution < 1.29 is 8.42 Å². The fourth-order valence-corrected chi connectivity index (χ4v) is 4.58. The van der Waals surface area contributed by atoms with E-state index in [-0.39, 0.29) is 17.5 Å². The van der Waals surface area contributed by atoms with Gasteiger partial charge < -0.3 is 5.73 Å². The van der Waals surface area contributed by atoms with Gasteiger partial charge in [0.2, 0.25) is 10.0 Å². The van der Waals surface area contributed by atoms with Gasteiger partial charge in [0.15, 0.2) is 0 Å². The van der Waals surface area contributed by atoms with Gasteiger partial charge in [0.25, 0.3) is 0 Å². The summed E-state index contributed by atoms with van der Waals surface area (Å²) in [5, 5.41) is 0. The van der Waals surface area contributed by atoms with E-state index in [1.54, 1.807) is 28.6 Å². The van der Waals surface area contributed by atoms with Crippen LogP contribution in [0.25, 0.3) is 0 Å². The minimum Gasteiger partial charge on any atom is -0.320 e. The van der Waals surface area contributed by atoms with Crippen molar-refractivity contribution in [3.05, 3.63) is 29.8 Å². The molecule has 4 nitrogen and oxygen atoms in total.